The van der Waals surface area contributed by atoms with Gasteiger partial charge in [0.25, 0.3) is 0 Å². The zero-order valence-electron chi connectivity index (χ0n) is 13.1. The Bertz CT molecular complexity index is 566. The van der Waals surface area contributed by atoms with E-state index in [0.717, 1.165) is 42.3 Å². The van der Waals surface area contributed by atoms with E-state index in [4.69, 9.17) is 5.73 Å². The molecule has 1 aromatic heterocycles. The van der Waals surface area contributed by atoms with Gasteiger partial charge < -0.3 is 15.5 Å². The number of nitrogens with zero attached hydrogens (tertiary/aromatic N) is 3. The van der Waals surface area contributed by atoms with E-state index < -0.39 is 0 Å². The predicted octanol–water partition coefficient (Wildman–Crippen LogP) is 3.06. The molecule has 0 unspecified atom stereocenters. The van der Waals surface area contributed by atoms with Crippen molar-refractivity contribution >= 4 is 17.2 Å². The van der Waals surface area contributed by atoms with Gasteiger partial charge in [0, 0.05) is 18.4 Å². The fourth-order valence-corrected chi connectivity index (χ4v) is 2.28. The first-order valence-corrected chi connectivity index (χ1v) is 7.28. The average Bonchev–Trinajstić information content (AvgIpc) is 2.48. The van der Waals surface area contributed by atoms with Crippen molar-refractivity contribution in [3.63, 3.8) is 0 Å². The lowest BCUT2D eigenvalue weighted by molar-refractivity contribution is 0.402. The Morgan fingerprint density at radius 3 is 2.43 bits per heavy atom. The standard InChI is InChI=1S/C17H24N4/c1-14-10-11-19-17(16(14)18)21(13-7-12-20(2)3)15-8-5-4-6-9-15/h4-6,8-11H,7,12-13,18H2,1-3H3. The van der Waals surface area contributed by atoms with Crippen molar-refractivity contribution in [1.29, 1.82) is 0 Å². The molecule has 2 aromatic rings. The molecule has 1 heterocycles. The van der Waals surface area contributed by atoms with Gasteiger partial charge in [0.2, 0.25) is 0 Å². The molecule has 0 fully saturated rings. The molecule has 0 aliphatic heterocycles. The van der Waals surface area contributed by atoms with Gasteiger partial charge in [-0.15, -0.1) is 0 Å². The molecule has 4 nitrogen and oxygen atoms in total. The SMILES string of the molecule is Cc1ccnc(N(CCCN(C)C)c2ccccc2)c1N. The van der Waals surface area contributed by atoms with Crippen LogP contribution in [-0.4, -0.2) is 37.1 Å². The van der Waals surface area contributed by atoms with Gasteiger partial charge in [-0.2, -0.15) is 0 Å². The van der Waals surface area contributed by atoms with Crippen molar-refractivity contribution in [1.82, 2.24) is 9.88 Å². The molecule has 0 bridgehead atoms. The second-order valence-corrected chi connectivity index (χ2v) is 5.51. The van der Waals surface area contributed by atoms with Crippen LogP contribution in [0, 0.1) is 6.92 Å². The lowest BCUT2D eigenvalue weighted by Crippen LogP contribution is -2.24. The minimum atomic E-state index is 0.756. The molecule has 112 valence electrons. The zero-order valence-corrected chi connectivity index (χ0v) is 13.1. The first-order chi connectivity index (χ1) is 10.1. The molecule has 21 heavy (non-hydrogen) atoms. The van der Waals surface area contributed by atoms with E-state index in [2.05, 4.69) is 41.0 Å². The zero-order chi connectivity index (χ0) is 15.2. The van der Waals surface area contributed by atoms with E-state index in [1.54, 1.807) is 0 Å². The molecular weight excluding hydrogens is 260 g/mol. The molecule has 0 amide bonds. The maximum absolute atomic E-state index is 6.24. The van der Waals surface area contributed by atoms with E-state index >= 15 is 0 Å². The molecular formula is C17H24N4. The van der Waals surface area contributed by atoms with E-state index in [-0.39, 0.29) is 0 Å². The molecule has 0 saturated carbocycles. The van der Waals surface area contributed by atoms with Gasteiger partial charge in [-0.3, -0.25) is 0 Å². The van der Waals surface area contributed by atoms with Crippen LogP contribution in [0.3, 0.4) is 0 Å². The number of aryl methyl sites for hydroxylation is 1. The van der Waals surface area contributed by atoms with Crippen LogP contribution >= 0.6 is 0 Å². The van der Waals surface area contributed by atoms with Crippen LogP contribution < -0.4 is 10.6 Å². The Hall–Kier alpha value is -2.07. The maximum Gasteiger partial charge on any atom is 0.156 e. The average molecular weight is 284 g/mol. The summed E-state index contributed by atoms with van der Waals surface area (Å²) in [7, 11) is 4.18. The van der Waals surface area contributed by atoms with Crippen molar-refractivity contribution in [3.05, 3.63) is 48.2 Å². The summed E-state index contributed by atoms with van der Waals surface area (Å²) in [6.07, 6.45) is 2.87. The summed E-state index contributed by atoms with van der Waals surface area (Å²) >= 11 is 0. The van der Waals surface area contributed by atoms with E-state index in [0.29, 0.717) is 0 Å². The summed E-state index contributed by atoms with van der Waals surface area (Å²) in [5, 5.41) is 0. The van der Waals surface area contributed by atoms with Crippen molar-refractivity contribution in [2.45, 2.75) is 13.3 Å². The number of aromatic nitrogens is 1. The van der Waals surface area contributed by atoms with Crippen molar-refractivity contribution < 1.29 is 0 Å². The lowest BCUT2D eigenvalue weighted by atomic mass is 10.2. The van der Waals surface area contributed by atoms with Gasteiger partial charge in [-0.1, -0.05) is 18.2 Å². The number of benzene rings is 1. The number of rotatable bonds is 6. The number of para-hydroxylation sites is 1. The third-order valence-corrected chi connectivity index (χ3v) is 3.50. The van der Waals surface area contributed by atoms with Crippen molar-refractivity contribution in [2.75, 3.05) is 37.8 Å². The Balaban J connectivity index is 2.29. The van der Waals surface area contributed by atoms with E-state index in [1.165, 1.54) is 0 Å². The highest BCUT2D eigenvalue weighted by molar-refractivity contribution is 5.73. The van der Waals surface area contributed by atoms with Crippen LogP contribution in [0.15, 0.2) is 42.6 Å². The Kier molecular flexibility index (Phi) is 5.17. The molecule has 0 aliphatic carbocycles. The molecule has 2 N–H and O–H groups in total. The molecule has 0 atom stereocenters. The fourth-order valence-electron chi connectivity index (χ4n) is 2.28. The summed E-state index contributed by atoms with van der Waals surface area (Å²) in [6, 6.07) is 12.2. The number of nitrogens with two attached hydrogens (primary N) is 1. The van der Waals surface area contributed by atoms with Gasteiger partial charge in [-0.25, -0.2) is 4.98 Å². The van der Waals surface area contributed by atoms with Crippen LogP contribution in [0.25, 0.3) is 0 Å². The molecule has 0 aliphatic rings. The number of hydrogen-bond donors (Lipinski definition) is 1. The van der Waals surface area contributed by atoms with Crippen LogP contribution in [-0.2, 0) is 0 Å². The summed E-state index contributed by atoms with van der Waals surface area (Å²) in [5.74, 6) is 0.847. The Labute approximate surface area is 127 Å². The first kappa shape index (κ1) is 15.3. The minimum absolute atomic E-state index is 0.756. The molecule has 0 spiro atoms. The monoisotopic (exact) mass is 284 g/mol. The summed E-state index contributed by atoms with van der Waals surface area (Å²) < 4.78 is 0. The molecule has 0 radical (unpaired) electrons. The second-order valence-electron chi connectivity index (χ2n) is 5.51. The summed E-state index contributed by atoms with van der Waals surface area (Å²) in [6.45, 7) is 3.95. The highest BCUT2D eigenvalue weighted by atomic mass is 15.2. The topological polar surface area (TPSA) is 45.4 Å². The van der Waals surface area contributed by atoms with Crippen molar-refractivity contribution in [2.24, 2.45) is 0 Å². The highest BCUT2D eigenvalue weighted by Gasteiger charge is 2.14. The van der Waals surface area contributed by atoms with Gasteiger partial charge in [0.05, 0.1) is 5.69 Å². The minimum Gasteiger partial charge on any atom is -0.396 e. The molecule has 1 aromatic carbocycles. The quantitative estimate of drug-likeness (QED) is 0.885. The fraction of sp³-hybridized carbons (Fsp3) is 0.353. The number of anilines is 3. The summed E-state index contributed by atoms with van der Waals surface area (Å²) in [4.78, 5) is 8.89. The van der Waals surface area contributed by atoms with E-state index in [9.17, 15) is 0 Å². The van der Waals surface area contributed by atoms with Crippen LogP contribution in [0.4, 0.5) is 17.2 Å². The second kappa shape index (κ2) is 7.09. The first-order valence-electron chi connectivity index (χ1n) is 7.28. The molecule has 0 saturated heterocycles. The van der Waals surface area contributed by atoms with Crippen LogP contribution in [0.1, 0.15) is 12.0 Å². The normalized spacial score (nSPS) is 10.9. The maximum atomic E-state index is 6.24. The Morgan fingerprint density at radius 2 is 1.76 bits per heavy atom. The Morgan fingerprint density at radius 1 is 1.05 bits per heavy atom. The third-order valence-electron chi connectivity index (χ3n) is 3.50. The van der Waals surface area contributed by atoms with Gasteiger partial charge in [0.1, 0.15) is 0 Å². The van der Waals surface area contributed by atoms with Crippen LogP contribution in [0.5, 0.6) is 0 Å². The molecule has 2 rings (SSSR count). The van der Waals surface area contributed by atoms with Gasteiger partial charge in [-0.05, 0) is 57.7 Å². The van der Waals surface area contributed by atoms with Gasteiger partial charge >= 0.3 is 0 Å². The molecule has 4 heteroatoms. The third kappa shape index (κ3) is 3.95. The highest BCUT2D eigenvalue weighted by Crippen LogP contribution is 2.30. The number of pyridine rings is 1. The largest absolute Gasteiger partial charge is 0.396 e. The smallest absolute Gasteiger partial charge is 0.156 e. The predicted molar refractivity (Wildman–Crippen MR) is 90.0 cm³/mol. The van der Waals surface area contributed by atoms with Crippen molar-refractivity contribution in [3.8, 4) is 0 Å². The van der Waals surface area contributed by atoms with Crippen LogP contribution in [0.2, 0.25) is 0 Å². The lowest BCUT2D eigenvalue weighted by Gasteiger charge is -2.26. The van der Waals surface area contributed by atoms with E-state index in [1.807, 2.05) is 37.4 Å². The summed E-state index contributed by atoms with van der Waals surface area (Å²) in [5.41, 5.74) is 9.18. The van der Waals surface area contributed by atoms with Gasteiger partial charge in [0.15, 0.2) is 5.82 Å². The number of nitrogen functional groups attached to an aromatic ring is 1. The number of hydrogen-bond acceptors (Lipinski definition) is 4.